The molecule has 1 aromatic heterocycles. The number of halogens is 2. The van der Waals surface area contributed by atoms with Crippen molar-refractivity contribution in [3.63, 3.8) is 0 Å². The molecule has 5 nitrogen and oxygen atoms in total. The summed E-state index contributed by atoms with van der Waals surface area (Å²) >= 11 is 12.9. The van der Waals surface area contributed by atoms with Gasteiger partial charge in [-0.1, -0.05) is 27.7 Å². The molecule has 1 aromatic carbocycles. The zero-order valence-electron chi connectivity index (χ0n) is 8.48. The second-order valence-electron chi connectivity index (χ2n) is 3.06. The van der Waals surface area contributed by atoms with Crippen LogP contribution in [0.15, 0.2) is 18.2 Å². The molecule has 0 amide bonds. The molecule has 0 aliphatic rings. The Hall–Kier alpha value is -1.08. The molecule has 1 heterocycles. The van der Waals surface area contributed by atoms with Gasteiger partial charge >= 0.3 is 0 Å². The van der Waals surface area contributed by atoms with Crippen LogP contribution < -0.4 is 16.0 Å². The highest BCUT2D eigenvalue weighted by Gasteiger charge is 2.09. The molecule has 0 unspecified atom stereocenters. The summed E-state index contributed by atoms with van der Waals surface area (Å²) in [5.74, 6) is 5.83. The minimum atomic E-state index is 0.234. The summed E-state index contributed by atoms with van der Waals surface area (Å²) in [6.07, 6.45) is 0. The Bertz CT molecular complexity index is 519. The average Bonchev–Trinajstić information content (AvgIpc) is 2.75. The number of hydrogen-bond acceptors (Lipinski definition) is 6. The van der Waals surface area contributed by atoms with E-state index in [4.69, 9.17) is 33.8 Å². The van der Waals surface area contributed by atoms with Gasteiger partial charge in [0.05, 0.1) is 5.02 Å². The van der Waals surface area contributed by atoms with Crippen molar-refractivity contribution < 1.29 is 4.74 Å². The number of benzene rings is 1. The first-order chi connectivity index (χ1) is 8.20. The summed E-state index contributed by atoms with van der Waals surface area (Å²) < 4.78 is 9.25. The fourth-order valence-electron chi connectivity index (χ4n) is 1.15. The van der Waals surface area contributed by atoms with Crippen LogP contribution in [0.1, 0.15) is 5.69 Å². The van der Waals surface area contributed by atoms with Crippen molar-refractivity contribution >= 4 is 39.7 Å². The van der Waals surface area contributed by atoms with Crippen molar-refractivity contribution in [1.82, 2.24) is 9.59 Å². The summed E-state index contributed by atoms with van der Waals surface area (Å²) in [7, 11) is 0. The standard InChI is InChI=1S/C9H8Cl2N4OS/c10-5-1-2-8(6(11)3-5)16-4-7-9(13-12)17-15-14-7/h1-3,13H,4,12H2. The van der Waals surface area contributed by atoms with Gasteiger partial charge in [0.1, 0.15) is 18.1 Å². The number of nitrogens with two attached hydrogens (primary N) is 1. The summed E-state index contributed by atoms with van der Waals surface area (Å²) in [6.45, 7) is 0.234. The summed E-state index contributed by atoms with van der Waals surface area (Å²) in [5, 5.41) is 5.55. The number of nitrogens with zero attached hydrogens (tertiary/aromatic N) is 2. The smallest absolute Gasteiger partial charge is 0.150 e. The number of anilines is 1. The minimum Gasteiger partial charge on any atom is -0.486 e. The molecule has 2 rings (SSSR count). The van der Waals surface area contributed by atoms with Crippen LogP contribution in [0, 0.1) is 0 Å². The highest BCUT2D eigenvalue weighted by Crippen LogP contribution is 2.28. The van der Waals surface area contributed by atoms with Gasteiger partial charge in [0.2, 0.25) is 0 Å². The molecular formula is C9H8Cl2N4OS. The zero-order chi connectivity index (χ0) is 12.3. The van der Waals surface area contributed by atoms with E-state index in [1.165, 1.54) is 0 Å². The van der Waals surface area contributed by atoms with Crippen molar-refractivity contribution in [3.05, 3.63) is 33.9 Å². The van der Waals surface area contributed by atoms with Gasteiger partial charge in [0, 0.05) is 16.6 Å². The maximum Gasteiger partial charge on any atom is 0.150 e. The maximum atomic E-state index is 5.96. The fourth-order valence-corrected chi connectivity index (χ4v) is 2.09. The number of hydrazine groups is 1. The molecule has 3 N–H and O–H groups in total. The van der Waals surface area contributed by atoms with Crippen LogP contribution in [0.2, 0.25) is 10.0 Å². The molecule has 2 aromatic rings. The van der Waals surface area contributed by atoms with Crippen LogP contribution in [-0.2, 0) is 6.61 Å². The normalized spacial score (nSPS) is 10.3. The molecule has 0 aliphatic carbocycles. The Kier molecular flexibility index (Phi) is 4.01. The van der Waals surface area contributed by atoms with Crippen LogP contribution in [0.5, 0.6) is 5.75 Å². The lowest BCUT2D eigenvalue weighted by molar-refractivity contribution is 0.302. The van der Waals surface area contributed by atoms with Gasteiger partial charge < -0.3 is 10.2 Å². The van der Waals surface area contributed by atoms with Gasteiger partial charge in [-0.25, -0.2) is 5.84 Å². The first-order valence-corrected chi connectivity index (χ1v) is 6.09. The highest BCUT2D eigenvalue weighted by molar-refractivity contribution is 7.10. The molecule has 0 saturated heterocycles. The monoisotopic (exact) mass is 290 g/mol. The zero-order valence-corrected chi connectivity index (χ0v) is 10.8. The number of hydrogen-bond donors (Lipinski definition) is 2. The number of rotatable bonds is 4. The predicted octanol–water partition coefficient (Wildman–Crippen LogP) is 2.71. The van der Waals surface area contributed by atoms with Crippen LogP contribution in [-0.4, -0.2) is 9.59 Å². The predicted molar refractivity (Wildman–Crippen MR) is 68.5 cm³/mol. The fraction of sp³-hybridized carbons (Fsp3) is 0.111. The molecule has 0 spiro atoms. The molecule has 0 fully saturated rings. The van der Waals surface area contributed by atoms with E-state index < -0.39 is 0 Å². The summed E-state index contributed by atoms with van der Waals surface area (Å²) in [5.41, 5.74) is 3.12. The second kappa shape index (κ2) is 5.50. The van der Waals surface area contributed by atoms with E-state index in [0.29, 0.717) is 26.5 Å². The molecule has 0 atom stereocenters. The molecule has 90 valence electrons. The van der Waals surface area contributed by atoms with Gasteiger partial charge in [-0.15, -0.1) is 5.10 Å². The first-order valence-electron chi connectivity index (χ1n) is 4.56. The quantitative estimate of drug-likeness (QED) is 0.669. The molecule has 8 heteroatoms. The second-order valence-corrected chi connectivity index (χ2v) is 4.65. The number of nitrogens with one attached hydrogen (secondary N) is 1. The number of nitrogen functional groups attached to an aromatic ring is 1. The summed E-state index contributed by atoms with van der Waals surface area (Å²) in [4.78, 5) is 0. The van der Waals surface area contributed by atoms with Gasteiger partial charge in [0.15, 0.2) is 5.00 Å². The molecule has 0 radical (unpaired) electrons. The maximum absolute atomic E-state index is 5.96. The molecule has 0 aliphatic heterocycles. The Balaban J connectivity index is 2.07. The lowest BCUT2D eigenvalue weighted by Gasteiger charge is -2.07. The van der Waals surface area contributed by atoms with Crippen molar-refractivity contribution in [3.8, 4) is 5.75 Å². The van der Waals surface area contributed by atoms with Crippen LogP contribution in [0.4, 0.5) is 5.00 Å². The topological polar surface area (TPSA) is 73.1 Å². The SMILES string of the molecule is NNc1snnc1COc1ccc(Cl)cc1Cl. The third kappa shape index (κ3) is 2.98. The minimum absolute atomic E-state index is 0.234. The van der Waals surface area contributed by atoms with Gasteiger partial charge in [-0.2, -0.15) is 0 Å². The Morgan fingerprint density at radius 1 is 1.41 bits per heavy atom. The number of ether oxygens (including phenoxy) is 1. The van der Waals surface area contributed by atoms with Gasteiger partial charge in [-0.3, -0.25) is 0 Å². The largest absolute Gasteiger partial charge is 0.486 e. The number of aromatic nitrogens is 2. The molecule has 0 saturated carbocycles. The molecular weight excluding hydrogens is 283 g/mol. The van der Waals surface area contributed by atoms with E-state index in [2.05, 4.69) is 15.0 Å². The third-order valence-electron chi connectivity index (χ3n) is 1.95. The average molecular weight is 291 g/mol. The van der Waals surface area contributed by atoms with Gasteiger partial charge in [-0.05, 0) is 18.2 Å². The molecule has 17 heavy (non-hydrogen) atoms. The first kappa shape index (κ1) is 12.4. The van der Waals surface area contributed by atoms with Crippen molar-refractivity contribution in [2.24, 2.45) is 5.84 Å². The van der Waals surface area contributed by atoms with Crippen LogP contribution >= 0.6 is 34.7 Å². The van der Waals surface area contributed by atoms with E-state index >= 15 is 0 Å². The Morgan fingerprint density at radius 3 is 2.94 bits per heavy atom. The Morgan fingerprint density at radius 2 is 2.24 bits per heavy atom. The van der Waals surface area contributed by atoms with Crippen molar-refractivity contribution in [1.29, 1.82) is 0 Å². The van der Waals surface area contributed by atoms with Crippen LogP contribution in [0.25, 0.3) is 0 Å². The van der Waals surface area contributed by atoms with Crippen LogP contribution in [0.3, 0.4) is 0 Å². The van der Waals surface area contributed by atoms with Gasteiger partial charge in [0.25, 0.3) is 0 Å². The van der Waals surface area contributed by atoms with E-state index in [0.717, 1.165) is 11.5 Å². The van der Waals surface area contributed by atoms with Crippen molar-refractivity contribution in [2.75, 3.05) is 5.43 Å². The van der Waals surface area contributed by atoms with Crippen molar-refractivity contribution in [2.45, 2.75) is 6.61 Å². The van der Waals surface area contributed by atoms with E-state index in [-0.39, 0.29) is 6.61 Å². The summed E-state index contributed by atoms with van der Waals surface area (Å²) in [6, 6.07) is 5.00. The third-order valence-corrected chi connectivity index (χ3v) is 3.17. The lowest BCUT2D eigenvalue weighted by atomic mass is 10.3. The van der Waals surface area contributed by atoms with E-state index in [1.807, 2.05) is 0 Å². The lowest BCUT2D eigenvalue weighted by Crippen LogP contribution is -2.08. The molecule has 0 bridgehead atoms. The van der Waals surface area contributed by atoms with E-state index in [9.17, 15) is 0 Å². The highest BCUT2D eigenvalue weighted by atomic mass is 35.5. The van der Waals surface area contributed by atoms with E-state index in [1.54, 1.807) is 18.2 Å². The Labute approximate surface area is 112 Å².